The van der Waals surface area contributed by atoms with Crippen LogP contribution in [0, 0.1) is 11.8 Å². The van der Waals surface area contributed by atoms with Gasteiger partial charge >= 0.3 is 0 Å². The lowest BCUT2D eigenvalue weighted by atomic mass is 9.87. The molecule has 17 heavy (non-hydrogen) atoms. The molecule has 1 saturated heterocycles. The van der Waals surface area contributed by atoms with Crippen molar-refractivity contribution < 1.29 is 0 Å². The zero-order valence-electron chi connectivity index (χ0n) is 11.6. The van der Waals surface area contributed by atoms with E-state index < -0.39 is 0 Å². The minimum Gasteiger partial charge on any atom is -0.317 e. The van der Waals surface area contributed by atoms with Crippen LogP contribution in [0.2, 0.25) is 0 Å². The quantitative estimate of drug-likeness (QED) is 0.792. The maximum Gasteiger partial charge on any atom is 0.000756 e. The third kappa shape index (κ3) is 4.97. The van der Waals surface area contributed by atoms with Crippen LogP contribution in [0.3, 0.4) is 0 Å². The molecule has 1 heterocycles. The number of rotatable bonds is 5. The zero-order valence-corrected chi connectivity index (χ0v) is 11.6. The Hall–Kier alpha value is -0.0800. The smallest absolute Gasteiger partial charge is 0.000756 e. The van der Waals surface area contributed by atoms with Gasteiger partial charge in [-0.2, -0.15) is 0 Å². The molecule has 0 aromatic heterocycles. The molecule has 0 spiro atoms. The summed E-state index contributed by atoms with van der Waals surface area (Å²) >= 11 is 0. The summed E-state index contributed by atoms with van der Waals surface area (Å²) in [5, 5.41) is 3.45. The summed E-state index contributed by atoms with van der Waals surface area (Å²) in [6.45, 7) is 5.13. The number of hydrogen-bond acceptors (Lipinski definition) is 2. The average molecular weight is 238 g/mol. The van der Waals surface area contributed by atoms with Crippen molar-refractivity contribution in [3.05, 3.63) is 0 Å². The third-order valence-corrected chi connectivity index (χ3v) is 4.67. The highest BCUT2D eigenvalue weighted by molar-refractivity contribution is 4.72. The molecule has 2 fully saturated rings. The number of hydrogen-bond donors (Lipinski definition) is 1. The van der Waals surface area contributed by atoms with Crippen LogP contribution in [0.25, 0.3) is 0 Å². The molecular weight excluding hydrogens is 208 g/mol. The van der Waals surface area contributed by atoms with E-state index in [0.29, 0.717) is 0 Å². The van der Waals surface area contributed by atoms with Crippen LogP contribution in [0.1, 0.15) is 51.4 Å². The second kappa shape index (κ2) is 7.38. The Kier molecular flexibility index (Phi) is 5.79. The first kappa shape index (κ1) is 13.4. The lowest BCUT2D eigenvalue weighted by molar-refractivity contribution is 0.216. The predicted octanol–water partition coefficient (Wildman–Crippen LogP) is 2.89. The Labute approximate surface area is 107 Å². The lowest BCUT2D eigenvalue weighted by Crippen LogP contribution is -2.35. The zero-order chi connectivity index (χ0) is 11.9. The largest absolute Gasteiger partial charge is 0.317 e. The summed E-state index contributed by atoms with van der Waals surface area (Å²) in [6.07, 6.45) is 11.7. The first-order valence-electron chi connectivity index (χ1n) is 7.74. The molecule has 1 saturated carbocycles. The molecule has 1 aliphatic carbocycles. The molecule has 0 radical (unpaired) electrons. The molecule has 2 heteroatoms. The van der Waals surface area contributed by atoms with E-state index in [2.05, 4.69) is 17.3 Å². The van der Waals surface area contributed by atoms with Gasteiger partial charge < -0.3 is 10.2 Å². The van der Waals surface area contributed by atoms with Gasteiger partial charge in [-0.3, -0.25) is 0 Å². The highest BCUT2D eigenvalue weighted by Crippen LogP contribution is 2.26. The predicted molar refractivity (Wildman–Crippen MR) is 74.3 cm³/mol. The van der Waals surface area contributed by atoms with E-state index in [1.165, 1.54) is 77.5 Å². The van der Waals surface area contributed by atoms with Crippen LogP contribution in [0.5, 0.6) is 0 Å². The number of nitrogens with zero attached hydrogens (tertiary/aromatic N) is 1. The Morgan fingerprint density at radius 3 is 2.35 bits per heavy atom. The van der Waals surface area contributed by atoms with Gasteiger partial charge in [0.2, 0.25) is 0 Å². The molecular formula is C15H30N2. The second-order valence-electron chi connectivity index (χ2n) is 6.25. The summed E-state index contributed by atoms with van der Waals surface area (Å²) in [5.74, 6) is 1.99. The van der Waals surface area contributed by atoms with Crippen LogP contribution in [0.15, 0.2) is 0 Å². The van der Waals surface area contributed by atoms with Gasteiger partial charge in [-0.1, -0.05) is 32.1 Å². The molecule has 2 nitrogen and oxygen atoms in total. The van der Waals surface area contributed by atoms with E-state index in [9.17, 15) is 0 Å². The van der Waals surface area contributed by atoms with E-state index in [4.69, 9.17) is 0 Å². The standard InChI is InChI=1S/C15H30N2/c1-17(13-15-7-10-16-11-8-15)12-9-14-5-3-2-4-6-14/h14-16H,2-13H2,1H3. The van der Waals surface area contributed by atoms with Gasteiger partial charge in [-0.25, -0.2) is 0 Å². The first-order valence-corrected chi connectivity index (χ1v) is 7.74. The van der Waals surface area contributed by atoms with Crippen LogP contribution >= 0.6 is 0 Å². The summed E-state index contributed by atoms with van der Waals surface area (Å²) in [4.78, 5) is 2.59. The van der Waals surface area contributed by atoms with Crippen molar-refractivity contribution in [2.45, 2.75) is 51.4 Å². The summed E-state index contributed by atoms with van der Waals surface area (Å²) in [5.41, 5.74) is 0. The molecule has 100 valence electrons. The molecule has 0 bridgehead atoms. The van der Waals surface area contributed by atoms with Crippen LogP contribution in [-0.4, -0.2) is 38.1 Å². The van der Waals surface area contributed by atoms with Gasteiger partial charge in [-0.15, -0.1) is 0 Å². The van der Waals surface area contributed by atoms with Crippen molar-refractivity contribution in [2.24, 2.45) is 11.8 Å². The van der Waals surface area contributed by atoms with E-state index in [-0.39, 0.29) is 0 Å². The Bertz CT molecular complexity index is 193. The molecule has 0 aromatic rings. The van der Waals surface area contributed by atoms with Crippen molar-refractivity contribution in [2.75, 3.05) is 33.2 Å². The highest BCUT2D eigenvalue weighted by Gasteiger charge is 2.17. The fraction of sp³-hybridized carbons (Fsp3) is 1.00. The molecule has 2 aliphatic rings. The average Bonchev–Trinajstić information content (AvgIpc) is 2.39. The summed E-state index contributed by atoms with van der Waals surface area (Å²) < 4.78 is 0. The fourth-order valence-electron chi connectivity index (χ4n) is 3.48. The topological polar surface area (TPSA) is 15.3 Å². The van der Waals surface area contributed by atoms with Gasteiger partial charge in [0.25, 0.3) is 0 Å². The van der Waals surface area contributed by atoms with Crippen molar-refractivity contribution in [1.82, 2.24) is 10.2 Å². The van der Waals surface area contributed by atoms with E-state index >= 15 is 0 Å². The Morgan fingerprint density at radius 1 is 0.941 bits per heavy atom. The Morgan fingerprint density at radius 2 is 1.65 bits per heavy atom. The highest BCUT2D eigenvalue weighted by atomic mass is 15.1. The van der Waals surface area contributed by atoms with Gasteiger partial charge in [0.05, 0.1) is 0 Å². The first-order chi connectivity index (χ1) is 8.34. The number of piperidine rings is 1. The van der Waals surface area contributed by atoms with Gasteiger partial charge in [0.15, 0.2) is 0 Å². The second-order valence-corrected chi connectivity index (χ2v) is 6.25. The maximum atomic E-state index is 3.45. The van der Waals surface area contributed by atoms with Crippen molar-refractivity contribution in [3.63, 3.8) is 0 Å². The van der Waals surface area contributed by atoms with E-state index in [0.717, 1.165) is 11.8 Å². The van der Waals surface area contributed by atoms with Crippen LogP contribution in [0.4, 0.5) is 0 Å². The normalized spacial score (nSPS) is 24.4. The molecule has 0 atom stereocenters. The summed E-state index contributed by atoms with van der Waals surface area (Å²) in [6, 6.07) is 0. The van der Waals surface area contributed by atoms with Gasteiger partial charge in [0.1, 0.15) is 0 Å². The Balaban J connectivity index is 1.57. The number of nitrogens with one attached hydrogen (secondary N) is 1. The minimum atomic E-state index is 0.951. The van der Waals surface area contributed by atoms with E-state index in [1.54, 1.807) is 0 Å². The molecule has 1 aliphatic heterocycles. The minimum absolute atomic E-state index is 0.951. The molecule has 0 unspecified atom stereocenters. The fourth-order valence-corrected chi connectivity index (χ4v) is 3.48. The molecule has 0 aromatic carbocycles. The van der Waals surface area contributed by atoms with Crippen molar-refractivity contribution in [1.29, 1.82) is 0 Å². The van der Waals surface area contributed by atoms with Crippen molar-refractivity contribution >= 4 is 0 Å². The summed E-state index contributed by atoms with van der Waals surface area (Å²) in [7, 11) is 2.32. The van der Waals surface area contributed by atoms with E-state index in [1.807, 2.05) is 0 Å². The SMILES string of the molecule is CN(CCC1CCCCC1)CC1CCNCC1. The van der Waals surface area contributed by atoms with Gasteiger partial charge in [-0.05, 0) is 57.8 Å². The lowest BCUT2D eigenvalue weighted by Gasteiger charge is -2.29. The van der Waals surface area contributed by atoms with Crippen molar-refractivity contribution in [3.8, 4) is 0 Å². The third-order valence-electron chi connectivity index (χ3n) is 4.67. The van der Waals surface area contributed by atoms with Gasteiger partial charge in [0, 0.05) is 6.54 Å². The van der Waals surface area contributed by atoms with Crippen LogP contribution < -0.4 is 5.32 Å². The van der Waals surface area contributed by atoms with Crippen LogP contribution in [-0.2, 0) is 0 Å². The molecule has 0 amide bonds. The maximum absolute atomic E-state index is 3.45. The molecule has 2 rings (SSSR count). The molecule has 1 N–H and O–H groups in total. The monoisotopic (exact) mass is 238 g/mol.